The van der Waals surface area contributed by atoms with Crippen LogP contribution >= 0.6 is 11.6 Å². The van der Waals surface area contributed by atoms with E-state index >= 15 is 0 Å². The van der Waals surface area contributed by atoms with Gasteiger partial charge in [-0.05, 0) is 30.0 Å². The van der Waals surface area contributed by atoms with Gasteiger partial charge in [0.05, 0.1) is 12.3 Å². The zero-order valence-corrected chi connectivity index (χ0v) is 14.8. The Morgan fingerprint density at radius 1 is 1.39 bits per heavy atom. The molecule has 5 heteroatoms. The summed E-state index contributed by atoms with van der Waals surface area (Å²) in [4.78, 5) is 19.8. The Morgan fingerprint density at radius 2 is 2.09 bits per heavy atom. The van der Waals surface area contributed by atoms with Gasteiger partial charge in [0.25, 0.3) is 0 Å². The van der Waals surface area contributed by atoms with Crippen molar-refractivity contribution in [2.75, 3.05) is 13.1 Å². The van der Waals surface area contributed by atoms with Crippen molar-refractivity contribution in [2.24, 2.45) is 11.1 Å². The van der Waals surface area contributed by atoms with Crippen LogP contribution in [-0.2, 0) is 9.63 Å². The highest BCUT2D eigenvalue weighted by Gasteiger charge is 2.26. The first-order valence-electron chi connectivity index (χ1n) is 8.26. The molecule has 1 atom stereocenters. The number of nitrogens with zero attached hydrogens (tertiary/aromatic N) is 2. The van der Waals surface area contributed by atoms with Crippen LogP contribution in [0.25, 0.3) is 0 Å². The summed E-state index contributed by atoms with van der Waals surface area (Å²) in [6.07, 6.45) is 2.18. The highest BCUT2D eigenvalue weighted by molar-refractivity contribution is 6.30. The number of carbonyl (C=O) groups is 1. The minimum Gasteiger partial charge on any atom is -0.390 e. The Bertz CT molecular complexity index is 555. The molecule has 0 aromatic heterocycles. The van der Waals surface area contributed by atoms with Crippen LogP contribution in [0.4, 0.5) is 0 Å². The first kappa shape index (κ1) is 17.8. The number of carbonyl (C=O) groups excluding carboxylic acids is 1. The lowest BCUT2D eigenvalue weighted by molar-refractivity contribution is -0.133. The van der Waals surface area contributed by atoms with Crippen LogP contribution < -0.4 is 0 Å². The topological polar surface area (TPSA) is 41.9 Å². The van der Waals surface area contributed by atoms with Gasteiger partial charge in [0.1, 0.15) is 0 Å². The summed E-state index contributed by atoms with van der Waals surface area (Å²) in [5, 5.41) is 4.89. The number of hydrogen-bond donors (Lipinski definition) is 0. The van der Waals surface area contributed by atoms with Crippen molar-refractivity contribution in [3.63, 3.8) is 0 Å². The molecule has 1 aliphatic heterocycles. The number of oxime groups is 1. The summed E-state index contributed by atoms with van der Waals surface area (Å²) in [6, 6.07) is 7.59. The highest BCUT2D eigenvalue weighted by atomic mass is 35.5. The smallest absolute Gasteiger partial charge is 0.222 e. The molecule has 1 aromatic rings. The van der Waals surface area contributed by atoms with Gasteiger partial charge in [-0.15, -0.1) is 0 Å². The largest absolute Gasteiger partial charge is 0.390 e. The average Bonchev–Trinajstić information content (AvgIpc) is 2.95. The molecule has 1 aliphatic rings. The zero-order valence-electron chi connectivity index (χ0n) is 14.1. The summed E-state index contributed by atoms with van der Waals surface area (Å²) in [5.41, 5.74) is 1.94. The molecule has 0 radical (unpaired) electrons. The summed E-state index contributed by atoms with van der Waals surface area (Å²) in [5.74, 6) is 0.567. The Morgan fingerprint density at radius 3 is 2.70 bits per heavy atom. The van der Waals surface area contributed by atoms with E-state index in [0.29, 0.717) is 23.9 Å². The van der Waals surface area contributed by atoms with Gasteiger partial charge in [-0.3, -0.25) is 4.79 Å². The average molecular weight is 337 g/mol. The van der Waals surface area contributed by atoms with Gasteiger partial charge in [0.15, 0.2) is 6.10 Å². The minimum absolute atomic E-state index is 0.0664. The summed E-state index contributed by atoms with van der Waals surface area (Å²) >= 11 is 5.91. The molecule has 0 bridgehead atoms. The van der Waals surface area contributed by atoms with E-state index < -0.39 is 0 Å². The van der Waals surface area contributed by atoms with Crippen LogP contribution in [0, 0.1) is 5.92 Å². The molecule has 0 fully saturated rings. The van der Waals surface area contributed by atoms with E-state index in [0.717, 1.165) is 30.7 Å². The van der Waals surface area contributed by atoms with Gasteiger partial charge < -0.3 is 9.74 Å². The van der Waals surface area contributed by atoms with Crippen molar-refractivity contribution >= 4 is 23.2 Å². The fourth-order valence-corrected chi connectivity index (χ4v) is 2.78. The summed E-state index contributed by atoms with van der Waals surface area (Å²) in [7, 11) is 0. The van der Waals surface area contributed by atoms with Crippen LogP contribution in [0.5, 0.6) is 0 Å². The lowest BCUT2D eigenvalue weighted by Crippen LogP contribution is -2.38. The molecule has 0 saturated heterocycles. The Balaban J connectivity index is 1.93. The highest BCUT2D eigenvalue weighted by Crippen LogP contribution is 2.20. The summed E-state index contributed by atoms with van der Waals surface area (Å²) in [6.45, 7) is 7.58. The fraction of sp³-hybridized carbons (Fsp3) is 0.556. The van der Waals surface area contributed by atoms with Crippen molar-refractivity contribution in [1.29, 1.82) is 0 Å². The summed E-state index contributed by atoms with van der Waals surface area (Å²) < 4.78 is 0. The molecule has 0 N–H and O–H groups in total. The number of halogens is 1. The normalized spacial score (nSPS) is 17.1. The molecule has 1 amide bonds. The second kappa shape index (κ2) is 8.34. The lowest BCUT2D eigenvalue weighted by Gasteiger charge is -2.25. The predicted molar refractivity (Wildman–Crippen MR) is 93.8 cm³/mol. The SMILES string of the molecule is CCCN(C[C@H]1CC(c2ccc(Cl)cc2)=NO1)C(=O)CC(C)C. The molecule has 1 aromatic carbocycles. The Hall–Kier alpha value is -1.55. The van der Waals surface area contributed by atoms with E-state index in [2.05, 4.69) is 25.9 Å². The van der Waals surface area contributed by atoms with E-state index in [-0.39, 0.29) is 12.0 Å². The fourth-order valence-electron chi connectivity index (χ4n) is 2.65. The van der Waals surface area contributed by atoms with Crippen molar-refractivity contribution < 1.29 is 9.63 Å². The first-order valence-corrected chi connectivity index (χ1v) is 8.63. The van der Waals surface area contributed by atoms with E-state index in [1.807, 2.05) is 29.2 Å². The monoisotopic (exact) mass is 336 g/mol. The van der Waals surface area contributed by atoms with E-state index in [9.17, 15) is 4.79 Å². The Kier molecular flexibility index (Phi) is 6.46. The maximum atomic E-state index is 12.3. The van der Waals surface area contributed by atoms with Gasteiger partial charge in [0, 0.05) is 24.4 Å². The molecule has 0 aliphatic carbocycles. The molecule has 4 nitrogen and oxygen atoms in total. The molecule has 0 spiro atoms. The van der Waals surface area contributed by atoms with E-state index in [1.54, 1.807) is 0 Å². The van der Waals surface area contributed by atoms with Gasteiger partial charge in [-0.2, -0.15) is 0 Å². The van der Waals surface area contributed by atoms with Crippen molar-refractivity contribution in [2.45, 2.75) is 46.1 Å². The van der Waals surface area contributed by atoms with Gasteiger partial charge >= 0.3 is 0 Å². The molecule has 2 rings (SSSR count). The van der Waals surface area contributed by atoms with Crippen LogP contribution in [0.1, 0.15) is 45.6 Å². The van der Waals surface area contributed by atoms with E-state index in [1.165, 1.54) is 0 Å². The lowest BCUT2D eigenvalue weighted by atomic mass is 10.0. The molecule has 0 saturated carbocycles. The molecule has 0 unspecified atom stereocenters. The number of amides is 1. The molecule has 126 valence electrons. The first-order chi connectivity index (χ1) is 11.0. The maximum absolute atomic E-state index is 12.3. The van der Waals surface area contributed by atoms with Crippen LogP contribution in [0.3, 0.4) is 0 Å². The van der Waals surface area contributed by atoms with E-state index in [4.69, 9.17) is 16.4 Å². The molecule has 1 heterocycles. The second-order valence-electron chi connectivity index (χ2n) is 6.41. The Labute approximate surface area is 143 Å². The number of rotatable bonds is 7. The van der Waals surface area contributed by atoms with Gasteiger partial charge in [-0.25, -0.2) is 0 Å². The quantitative estimate of drug-likeness (QED) is 0.751. The van der Waals surface area contributed by atoms with Gasteiger partial charge in [0.2, 0.25) is 5.91 Å². The standard InChI is InChI=1S/C18H25ClN2O2/c1-4-9-21(18(22)10-13(2)3)12-16-11-17(20-23-16)14-5-7-15(19)8-6-14/h5-8,13,16H,4,9-12H2,1-3H3/t16-/m1/s1. The maximum Gasteiger partial charge on any atom is 0.222 e. The third kappa shape index (κ3) is 5.24. The zero-order chi connectivity index (χ0) is 16.8. The van der Waals surface area contributed by atoms with Crippen LogP contribution in [0.15, 0.2) is 29.4 Å². The van der Waals surface area contributed by atoms with Crippen molar-refractivity contribution in [1.82, 2.24) is 4.90 Å². The molecular formula is C18H25ClN2O2. The third-order valence-electron chi connectivity index (χ3n) is 3.76. The van der Waals surface area contributed by atoms with Gasteiger partial charge in [-0.1, -0.05) is 49.7 Å². The molecular weight excluding hydrogens is 312 g/mol. The number of hydrogen-bond acceptors (Lipinski definition) is 3. The minimum atomic E-state index is -0.0664. The van der Waals surface area contributed by atoms with Crippen LogP contribution in [0.2, 0.25) is 5.02 Å². The predicted octanol–water partition coefficient (Wildman–Crippen LogP) is 4.12. The number of benzene rings is 1. The van der Waals surface area contributed by atoms with Crippen molar-refractivity contribution in [3.05, 3.63) is 34.9 Å². The van der Waals surface area contributed by atoms with Crippen LogP contribution in [-0.4, -0.2) is 35.7 Å². The van der Waals surface area contributed by atoms with Crippen molar-refractivity contribution in [3.8, 4) is 0 Å². The molecule has 23 heavy (non-hydrogen) atoms. The third-order valence-corrected chi connectivity index (χ3v) is 4.02. The second-order valence-corrected chi connectivity index (χ2v) is 6.85.